The van der Waals surface area contributed by atoms with Crippen LogP contribution < -0.4 is 5.32 Å². The summed E-state index contributed by atoms with van der Waals surface area (Å²) in [7, 11) is 0. The highest BCUT2D eigenvalue weighted by Crippen LogP contribution is 2.22. The summed E-state index contributed by atoms with van der Waals surface area (Å²) in [5, 5.41) is 11.8. The minimum absolute atomic E-state index is 0.0417. The molecule has 1 amide bonds. The molecule has 0 fully saturated rings. The summed E-state index contributed by atoms with van der Waals surface area (Å²) in [6.07, 6.45) is 0.829. The van der Waals surface area contributed by atoms with Crippen LogP contribution in [0.25, 0.3) is 0 Å². The standard InChI is InChI=1S/C13H14ClNO2/c1-2-13(17)15-12-9-10(5-3-4-8-16)6-7-11(12)14/h6-7,9,16H,2,4,8H2,1H3,(H,15,17). The number of carbonyl (C=O) groups excluding carboxylic acids is 1. The zero-order valence-corrected chi connectivity index (χ0v) is 10.3. The molecule has 1 aromatic rings. The number of hydrogen-bond donors (Lipinski definition) is 2. The van der Waals surface area contributed by atoms with E-state index < -0.39 is 0 Å². The fourth-order valence-corrected chi connectivity index (χ4v) is 1.32. The summed E-state index contributed by atoms with van der Waals surface area (Å²) < 4.78 is 0. The average Bonchev–Trinajstić information content (AvgIpc) is 2.33. The molecule has 0 radical (unpaired) electrons. The van der Waals surface area contributed by atoms with Crippen molar-refractivity contribution in [3.05, 3.63) is 28.8 Å². The van der Waals surface area contributed by atoms with E-state index in [1.54, 1.807) is 25.1 Å². The van der Waals surface area contributed by atoms with Gasteiger partial charge in [-0.1, -0.05) is 30.4 Å². The SMILES string of the molecule is CCC(=O)Nc1cc(C#CCCO)ccc1Cl. The number of hydrogen-bond acceptors (Lipinski definition) is 2. The number of halogens is 1. The molecule has 0 aliphatic carbocycles. The van der Waals surface area contributed by atoms with Crippen molar-refractivity contribution in [3.8, 4) is 11.8 Å². The fourth-order valence-electron chi connectivity index (χ4n) is 1.16. The summed E-state index contributed by atoms with van der Waals surface area (Å²) in [5.41, 5.74) is 1.32. The summed E-state index contributed by atoms with van der Waals surface area (Å²) in [4.78, 5) is 11.3. The van der Waals surface area contributed by atoms with Crippen LogP contribution in [-0.2, 0) is 4.79 Å². The Morgan fingerprint density at radius 3 is 2.94 bits per heavy atom. The minimum atomic E-state index is -0.0904. The van der Waals surface area contributed by atoms with E-state index in [0.29, 0.717) is 23.6 Å². The Labute approximate surface area is 106 Å². The Balaban J connectivity index is 2.87. The number of amides is 1. The van der Waals surface area contributed by atoms with Gasteiger partial charge >= 0.3 is 0 Å². The molecule has 0 atom stereocenters. The molecule has 17 heavy (non-hydrogen) atoms. The summed E-state index contributed by atoms with van der Waals surface area (Å²) in [5.74, 6) is 5.60. The summed E-state index contributed by atoms with van der Waals surface area (Å²) in [6.45, 7) is 1.81. The molecule has 1 aromatic carbocycles. The Hall–Kier alpha value is -1.50. The fraction of sp³-hybridized carbons (Fsp3) is 0.308. The van der Waals surface area contributed by atoms with Crippen molar-refractivity contribution < 1.29 is 9.90 Å². The lowest BCUT2D eigenvalue weighted by molar-refractivity contribution is -0.115. The molecule has 0 saturated carbocycles. The van der Waals surface area contributed by atoms with Gasteiger partial charge in [0.15, 0.2) is 0 Å². The van der Waals surface area contributed by atoms with Crippen LogP contribution in [0.2, 0.25) is 5.02 Å². The highest BCUT2D eigenvalue weighted by molar-refractivity contribution is 6.33. The van der Waals surface area contributed by atoms with Gasteiger partial charge in [-0.25, -0.2) is 0 Å². The number of aliphatic hydroxyl groups is 1. The van der Waals surface area contributed by atoms with Gasteiger partial charge in [0.25, 0.3) is 0 Å². The highest BCUT2D eigenvalue weighted by Gasteiger charge is 2.04. The van der Waals surface area contributed by atoms with Crippen LogP contribution in [-0.4, -0.2) is 17.6 Å². The van der Waals surface area contributed by atoms with Crippen molar-refractivity contribution in [2.45, 2.75) is 19.8 Å². The third-order valence-electron chi connectivity index (χ3n) is 2.03. The van der Waals surface area contributed by atoms with E-state index >= 15 is 0 Å². The molecule has 0 saturated heterocycles. The third kappa shape index (κ3) is 4.48. The van der Waals surface area contributed by atoms with Crippen LogP contribution in [0.3, 0.4) is 0 Å². The molecule has 0 aromatic heterocycles. The second kappa shape index (κ2) is 6.95. The van der Waals surface area contributed by atoms with E-state index in [4.69, 9.17) is 16.7 Å². The largest absolute Gasteiger partial charge is 0.395 e. The van der Waals surface area contributed by atoms with E-state index in [1.165, 1.54) is 0 Å². The lowest BCUT2D eigenvalue weighted by Gasteiger charge is -2.06. The van der Waals surface area contributed by atoms with Gasteiger partial charge in [-0.05, 0) is 18.2 Å². The van der Waals surface area contributed by atoms with Gasteiger partial charge in [0, 0.05) is 18.4 Å². The lowest BCUT2D eigenvalue weighted by atomic mass is 10.2. The maximum absolute atomic E-state index is 11.3. The Kier molecular flexibility index (Phi) is 5.55. The van der Waals surface area contributed by atoms with E-state index in [0.717, 1.165) is 5.56 Å². The first-order valence-corrected chi connectivity index (χ1v) is 5.74. The number of benzene rings is 1. The summed E-state index contributed by atoms with van der Waals surface area (Å²) in [6, 6.07) is 5.18. The number of anilines is 1. The maximum atomic E-state index is 11.3. The van der Waals surface area contributed by atoms with Gasteiger partial charge in [0.2, 0.25) is 5.91 Å². The van der Waals surface area contributed by atoms with Crippen molar-refractivity contribution >= 4 is 23.2 Å². The van der Waals surface area contributed by atoms with Gasteiger partial charge in [-0.3, -0.25) is 4.79 Å². The molecule has 2 N–H and O–H groups in total. The quantitative estimate of drug-likeness (QED) is 0.811. The molecular weight excluding hydrogens is 238 g/mol. The predicted molar refractivity (Wildman–Crippen MR) is 69.0 cm³/mol. The van der Waals surface area contributed by atoms with Crippen molar-refractivity contribution in [2.75, 3.05) is 11.9 Å². The Morgan fingerprint density at radius 2 is 2.29 bits per heavy atom. The van der Waals surface area contributed by atoms with Crippen LogP contribution in [0.15, 0.2) is 18.2 Å². The molecule has 1 rings (SSSR count). The molecule has 90 valence electrons. The first kappa shape index (κ1) is 13.6. The van der Waals surface area contributed by atoms with Crippen molar-refractivity contribution in [1.29, 1.82) is 0 Å². The van der Waals surface area contributed by atoms with Crippen molar-refractivity contribution in [1.82, 2.24) is 0 Å². The number of carbonyl (C=O) groups is 1. The van der Waals surface area contributed by atoms with Crippen LogP contribution in [0.4, 0.5) is 5.69 Å². The number of aliphatic hydroxyl groups excluding tert-OH is 1. The van der Waals surface area contributed by atoms with Gasteiger partial charge < -0.3 is 10.4 Å². The first-order chi connectivity index (χ1) is 8.17. The molecule has 0 heterocycles. The molecule has 4 heteroatoms. The average molecular weight is 252 g/mol. The molecule has 3 nitrogen and oxygen atoms in total. The van der Waals surface area contributed by atoms with E-state index in [1.807, 2.05) is 0 Å². The topological polar surface area (TPSA) is 49.3 Å². The maximum Gasteiger partial charge on any atom is 0.224 e. The summed E-state index contributed by atoms with van der Waals surface area (Å²) >= 11 is 5.96. The van der Waals surface area contributed by atoms with Gasteiger partial charge in [-0.15, -0.1) is 0 Å². The van der Waals surface area contributed by atoms with Crippen LogP contribution in [0.5, 0.6) is 0 Å². The second-order valence-electron chi connectivity index (χ2n) is 3.37. The monoisotopic (exact) mass is 251 g/mol. The lowest BCUT2D eigenvalue weighted by Crippen LogP contribution is -2.09. The molecule has 0 unspecified atom stereocenters. The number of rotatable bonds is 3. The molecule has 0 bridgehead atoms. The van der Waals surface area contributed by atoms with Crippen molar-refractivity contribution in [2.24, 2.45) is 0 Å². The van der Waals surface area contributed by atoms with Crippen LogP contribution >= 0.6 is 11.6 Å². The van der Waals surface area contributed by atoms with Gasteiger partial charge in [0.05, 0.1) is 17.3 Å². The predicted octanol–water partition coefficient (Wildman–Crippen LogP) is 2.42. The molecular formula is C13H14ClNO2. The van der Waals surface area contributed by atoms with Crippen LogP contribution in [0, 0.1) is 11.8 Å². The van der Waals surface area contributed by atoms with E-state index in [-0.39, 0.29) is 12.5 Å². The van der Waals surface area contributed by atoms with Crippen LogP contribution in [0.1, 0.15) is 25.3 Å². The first-order valence-electron chi connectivity index (χ1n) is 5.36. The van der Waals surface area contributed by atoms with Gasteiger partial charge in [-0.2, -0.15) is 0 Å². The van der Waals surface area contributed by atoms with Gasteiger partial charge in [0.1, 0.15) is 0 Å². The third-order valence-corrected chi connectivity index (χ3v) is 2.36. The zero-order chi connectivity index (χ0) is 12.7. The van der Waals surface area contributed by atoms with E-state index in [2.05, 4.69) is 17.2 Å². The highest BCUT2D eigenvalue weighted by atomic mass is 35.5. The molecule has 0 aliphatic rings. The zero-order valence-electron chi connectivity index (χ0n) is 9.59. The Bertz CT molecular complexity index is 460. The minimum Gasteiger partial charge on any atom is -0.395 e. The molecule has 0 spiro atoms. The van der Waals surface area contributed by atoms with E-state index in [9.17, 15) is 4.79 Å². The normalized spacial score (nSPS) is 9.35. The van der Waals surface area contributed by atoms with Crippen molar-refractivity contribution in [3.63, 3.8) is 0 Å². The molecule has 0 aliphatic heterocycles. The Morgan fingerprint density at radius 1 is 1.53 bits per heavy atom. The smallest absolute Gasteiger partial charge is 0.224 e. The second-order valence-corrected chi connectivity index (χ2v) is 3.78. The number of nitrogens with one attached hydrogen (secondary N) is 1.